The Morgan fingerprint density at radius 2 is 2.05 bits per heavy atom. The summed E-state index contributed by atoms with van der Waals surface area (Å²) >= 11 is 0. The number of nitrogens with two attached hydrogens (primary N) is 1. The summed E-state index contributed by atoms with van der Waals surface area (Å²) in [5, 5.41) is 11.5. The van der Waals surface area contributed by atoms with Crippen LogP contribution in [0.1, 0.15) is 18.2 Å². The summed E-state index contributed by atoms with van der Waals surface area (Å²) in [5.41, 5.74) is 8.12. The molecule has 2 rings (SSSR count). The maximum atomic E-state index is 8.61. The number of aromatic nitrogens is 2. The van der Waals surface area contributed by atoms with Gasteiger partial charge in [0.05, 0.1) is 11.9 Å². The fourth-order valence-corrected chi connectivity index (χ4v) is 1.87. The van der Waals surface area contributed by atoms with Crippen LogP contribution >= 0.6 is 0 Å². The average molecular weight is 271 g/mol. The monoisotopic (exact) mass is 271 g/mol. The summed E-state index contributed by atoms with van der Waals surface area (Å²) in [6.45, 7) is 3.72. The number of amidine groups is 1. The van der Waals surface area contributed by atoms with Crippen LogP contribution in [0, 0.1) is 0 Å². The topological polar surface area (TPSA) is 87.6 Å². The Morgan fingerprint density at radius 1 is 1.30 bits per heavy atom. The van der Waals surface area contributed by atoms with Gasteiger partial charge in [-0.05, 0) is 36.8 Å². The Bertz CT molecular complexity index is 568. The molecule has 0 aliphatic rings. The lowest BCUT2D eigenvalue weighted by Crippen LogP contribution is -2.22. The zero-order chi connectivity index (χ0) is 14.4. The van der Waals surface area contributed by atoms with Gasteiger partial charge in [0.1, 0.15) is 5.69 Å². The Morgan fingerprint density at radius 3 is 2.60 bits per heavy atom. The quantitative estimate of drug-likeness (QED) is 0.373. The van der Waals surface area contributed by atoms with Gasteiger partial charge in [-0.3, -0.25) is 9.97 Å². The molecule has 0 saturated heterocycles. The molecule has 6 nitrogen and oxygen atoms in total. The molecule has 3 N–H and O–H groups in total. The molecule has 0 aromatic carbocycles. The van der Waals surface area contributed by atoms with Crippen LogP contribution in [0.3, 0.4) is 0 Å². The number of pyridine rings is 2. The highest BCUT2D eigenvalue weighted by molar-refractivity contribution is 5.95. The van der Waals surface area contributed by atoms with Crippen molar-refractivity contribution in [3.63, 3.8) is 0 Å². The molecule has 0 unspecified atom stereocenters. The van der Waals surface area contributed by atoms with E-state index in [0.29, 0.717) is 5.69 Å². The Hall–Kier alpha value is -2.63. The van der Waals surface area contributed by atoms with Crippen LogP contribution in [0.25, 0.3) is 0 Å². The van der Waals surface area contributed by atoms with Gasteiger partial charge in [-0.25, -0.2) is 0 Å². The Balaban J connectivity index is 2.16. The van der Waals surface area contributed by atoms with E-state index < -0.39 is 0 Å². The first-order valence-corrected chi connectivity index (χ1v) is 6.32. The number of oxime groups is 1. The lowest BCUT2D eigenvalue weighted by molar-refractivity contribution is 0.318. The summed E-state index contributed by atoms with van der Waals surface area (Å²) < 4.78 is 0. The third kappa shape index (κ3) is 3.23. The van der Waals surface area contributed by atoms with E-state index in [0.717, 1.165) is 18.8 Å². The van der Waals surface area contributed by atoms with E-state index in [1.54, 1.807) is 24.7 Å². The van der Waals surface area contributed by atoms with Crippen LogP contribution in [-0.4, -0.2) is 27.6 Å². The second-order valence-electron chi connectivity index (χ2n) is 4.26. The van der Waals surface area contributed by atoms with Crippen LogP contribution < -0.4 is 10.6 Å². The molecule has 0 spiro atoms. The number of rotatable bonds is 5. The standard InChI is InChI=1S/C14H17N5O/c1-2-19(10-11-5-7-16-8-6-11)12-3-4-13(17-9-12)14(15)18-20/h3-9,20H,2,10H2,1H3,(H2,15,18). The van der Waals surface area contributed by atoms with Crippen molar-refractivity contribution in [1.82, 2.24) is 9.97 Å². The molecule has 2 aromatic heterocycles. The fourth-order valence-electron chi connectivity index (χ4n) is 1.87. The molecule has 0 saturated carbocycles. The van der Waals surface area contributed by atoms with Crippen LogP contribution in [0.5, 0.6) is 0 Å². The van der Waals surface area contributed by atoms with Crippen LogP contribution in [0.4, 0.5) is 5.69 Å². The first kappa shape index (κ1) is 13.8. The summed E-state index contributed by atoms with van der Waals surface area (Å²) in [4.78, 5) is 10.4. The second-order valence-corrected chi connectivity index (χ2v) is 4.26. The van der Waals surface area contributed by atoms with Crippen molar-refractivity contribution in [3.05, 3.63) is 54.1 Å². The highest BCUT2D eigenvalue weighted by atomic mass is 16.4. The normalized spacial score (nSPS) is 11.3. The van der Waals surface area contributed by atoms with Gasteiger partial charge in [-0.1, -0.05) is 5.16 Å². The number of hydrogen-bond donors (Lipinski definition) is 2. The molecule has 0 aliphatic heterocycles. The van der Waals surface area contributed by atoms with E-state index >= 15 is 0 Å². The smallest absolute Gasteiger partial charge is 0.188 e. The molecule has 0 aliphatic carbocycles. The van der Waals surface area contributed by atoms with E-state index in [1.165, 1.54) is 5.56 Å². The van der Waals surface area contributed by atoms with Crippen molar-refractivity contribution in [2.24, 2.45) is 10.9 Å². The molecule has 2 heterocycles. The number of hydrogen-bond acceptors (Lipinski definition) is 5. The van der Waals surface area contributed by atoms with Gasteiger partial charge in [0.15, 0.2) is 5.84 Å². The molecule has 0 atom stereocenters. The minimum absolute atomic E-state index is 0.00809. The molecule has 20 heavy (non-hydrogen) atoms. The van der Waals surface area contributed by atoms with E-state index in [2.05, 4.69) is 26.9 Å². The highest BCUT2D eigenvalue weighted by Gasteiger charge is 2.07. The molecular formula is C14H17N5O. The van der Waals surface area contributed by atoms with E-state index in [4.69, 9.17) is 10.9 Å². The summed E-state index contributed by atoms with van der Waals surface area (Å²) in [5.74, 6) is 0.00809. The first-order valence-electron chi connectivity index (χ1n) is 6.32. The fraction of sp³-hybridized carbons (Fsp3) is 0.214. The molecule has 2 aromatic rings. The van der Waals surface area contributed by atoms with Crippen LogP contribution in [-0.2, 0) is 6.54 Å². The third-order valence-electron chi connectivity index (χ3n) is 2.99. The van der Waals surface area contributed by atoms with E-state index in [1.807, 2.05) is 18.2 Å². The van der Waals surface area contributed by atoms with Crippen LogP contribution in [0.15, 0.2) is 48.0 Å². The summed E-state index contributed by atoms with van der Waals surface area (Å²) in [6, 6.07) is 7.62. The molecular weight excluding hydrogens is 254 g/mol. The molecule has 0 fully saturated rings. The maximum Gasteiger partial charge on any atom is 0.188 e. The number of anilines is 1. The minimum atomic E-state index is 0.00809. The summed E-state index contributed by atoms with van der Waals surface area (Å²) in [7, 11) is 0. The van der Waals surface area contributed by atoms with Gasteiger partial charge in [0, 0.05) is 25.5 Å². The SMILES string of the molecule is CCN(Cc1ccncc1)c1ccc(/C(N)=N/O)nc1. The van der Waals surface area contributed by atoms with Crippen molar-refractivity contribution in [2.75, 3.05) is 11.4 Å². The zero-order valence-corrected chi connectivity index (χ0v) is 11.3. The molecule has 104 valence electrons. The van der Waals surface area contributed by atoms with Crippen molar-refractivity contribution in [2.45, 2.75) is 13.5 Å². The average Bonchev–Trinajstić information content (AvgIpc) is 2.53. The zero-order valence-electron chi connectivity index (χ0n) is 11.3. The Kier molecular flexibility index (Phi) is 4.49. The van der Waals surface area contributed by atoms with Crippen molar-refractivity contribution >= 4 is 11.5 Å². The van der Waals surface area contributed by atoms with Crippen molar-refractivity contribution in [1.29, 1.82) is 0 Å². The van der Waals surface area contributed by atoms with Gasteiger partial charge in [-0.15, -0.1) is 0 Å². The number of nitrogens with zero attached hydrogens (tertiary/aromatic N) is 4. The van der Waals surface area contributed by atoms with Gasteiger partial charge in [0.25, 0.3) is 0 Å². The Labute approximate surface area is 117 Å². The highest BCUT2D eigenvalue weighted by Crippen LogP contribution is 2.16. The third-order valence-corrected chi connectivity index (χ3v) is 2.99. The molecule has 6 heteroatoms. The molecule has 0 bridgehead atoms. The van der Waals surface area contributed by atoms with Gasteiger partial charge in [-0.2, -0.15) is 0 Å². The van der Waals surface area contributed by atoms with E-state index in [9.17, 15) is 0 Å². The molecule has 0 radical (unpaired) electrons. The molecule has 0 amide bonds. The first-order chi connectivity index (χ1) is 9.74. The van der Waals surface area contributed by atoms with E-state index in [-0.39, 0.29) is 5.84 Å². The summed E-state index contributed by atoms with van der Waals surface area (Å²) in [6.07, 6.45) is 5.28. The lowest BCUT2D eigenvalue weighted by Gasteiger charge is -2.22. The minimum Gasteiger partial charge on any atom is -0.409 e. The van der Waals surface area contributed by atoms with Crippen molar-refractivity contribution in [3.8, 4) is 0 Å². The van der Waals surface area contributed by atoms with Crippen molar-refractivity contribution < 1.29 is 5.21 Å². The van der Waals surface area contributed by atoms with Gasteiger partial charge < -0.3 is 15.8 Å². The second kappa shape index (κ2) is 6.51. The van der Waals surface area contributed by atoms with Gasteiger partial charge in [0.2, 0.25) is 0 Å². The predicted molar refractivity (Wildman–Crippen MR) is 77.7 cm³/mol. The van der Waals surface area contributed by atoms with Crippen LogP contribution in [0.2, 0.25) is 0 Å². The van der Waals surface area contributed by atoms with Gasteiger partial charge >= 0.3 is 0 Å². The lowest BCUT2D eigenvalue weighted by atomic mass is 10.2. The predicted octanol–water partition coefficient (Wildman–Crippen LogP) is 1.60. The maximum absolute atomic E-state index is 8.61. The largest absolute Gasteiger partial charge is 0.409 e.